The Morgan fingerprint density at radius 3 is 2.35 bits per heavy atom. The molecule has 2 aliphatic rings. The molecule has 1 N–H and O–H groups in total. The zero-order valence-electron chi connectivity index (χ0n) is 13.3. The molecular weight excluding hydrogens is 296 g/mol. The summed E-state index contributed by atoms with van der Waals surface area (Å²) in [5.74, 6) is -1.57. The molecule has 1 aromatic carbocycles. The number of carbonyl (C=O) groups excluding carboxylic acids is 2. The highest BCUT2D eigenvalue weighted by Crippen LogP contribution is 2.31. The van der Waals surface area contributed by atoms with Crippen molar-refractivity contribution < 1.29 is 19.1 Å². The lowest BCUT2D eigenvalue weighted by atomic mass is 10.0. The van der Waals surface area contributed by atoms with Crippen molar-refractivity contribution in [2.45, 2.75) is 32.1 Å². The number of ether oxygens (including phenoxy) is 2. The van der Waals surface area contributed by atoms with Crippen LogP contribution in [0.4, 0.5) is 0 Å². The highest BCUT2D eigenvalue weighted by molar-refractivity contribution is 6.34. The maximum absolute atomic E-state index is 12.2. The average Bonchev–Trinajstić information content (AvgIpc) is 3.02. The second-order valence-electron chi connectivity index (χ2n) is 6.07. The third-order valence-electron chi connectivity index (χ3n) is 4.39. The second-order valence-corrected chi connectivity index (χ2v) is 6.07. The van der Waals surface area contributed by atoms with Gasteiger partial charge < -0.3 is 19.7 Å². The zero-order valence-corrected chi connectivity index (χ0v) is 13.3. The van der Waals surface area contributed by atoms with Crippen LogP contribution < -0.4 is 5.32 Å². The van der Waals surface area contributed by atoms with E-state index in [0.29, 0.717) is 45.7 Å². The minimum absolute atomic E-state index is 0.356. The topological polar surface area (TPSA) is 67.9 Å². The Bertz CT molecular complexity index is 569. The molecule has 1 spiro atoms. The number of benzene rings is 1. The minimum Gasteiger partial charge on any atom is -0.347 e. The predicted molar refractivity (Wildman–Crippen MR) is 83.5 cm³/mol. The van der Waals surface area contributed by atoms with Crippen LogP contribution in [0, 0.1) is 6.92 Å². The largest absolute Gasteiger partial charge is 0.347 e. The number of nitrogens with zero attached hydrogens (tertiary/aromatic N) is 1. The van der Waals surface area contributed by atoms with Gasteiger partial charge >= 0.3 is 11.8 Å². The van der Waals surface area contributed by atoms with E-state index in [-0.39, 0.29) is 0 Å². The van der Waals surface area contributed by atoms with E-state index in [1.54, 1.807) is 4.90 Å². The third-order valence-corrected chi connectivity index (χ3v) is 4.39. The lowest BCUT2D eigenvalue weighted by molar-refractivity contribution is -0.188. The molecule has 2 aliphatic heterocycles. The summed E-state index contributed by atoms with van der Waals surface area (Å²) in [5, 5.41) is 2.68. The summed E-state index contributed by atoms with van der Waals surface area (Å²) in [6.07, 6.45) is 1.23. The lowest BCUT2D eigenvalue weighted by Crippen LogP contribution is -2.51. The van der Waals surface area contributed by atoms with Crippen molar-refractivity contribution in [3.63, 3.8) is 0 Å². The Morgan fingerprint density at radius 1 is 1.13 bits per heavy atom. The molecule has 0 bridgehead atoms. The first-order chi connectivity index (χ1) is 11.1. The Morgan fingerprint density at radius 2 is 1.74 bits per heavy atom. The Balaban J connectivity index is 1.48. The summed E-state index contributed by atoms with van der Waals surface area (Å²) in [6.45, 7) is 4.53. The molecule has 0 aliphatic carbocycles. The minimum atomic E-state index is -0.560. The molecule has 1 aromatic rings. The van der Waals surface area contributed by atoms with E-state index >= 15 is 0 Å². The van der Waals surface area contributed by atoms with Crippen molar-refractivity contribution in [2.75, 3.05) is 26.3 Å². The second kappa shape index (κ2) is 6.68. The van der Waals surface area contributed by atoms with E-state index in [0.717, 1.165) is 11.1 Å². The van der Waals surface area contributed by atoms with Crippen molar-refractivity contribution in [3.05, 3.63) is 35.4 Å². The molecule has 23 heavy (non-hydrogen) atoms. The van der Waals surface area contributed by atoms with Crippen molar-refractivity contribution >= 4 is 11.8 Å². The van der Waals surface area contributed by atoms with E-state index in [1.807, 2.05) is 31.2 Å². The van der Waals surface area contributed by atoms with Crippen LogP contribution in [0.2, 0.25) is 0 Å². The summed E-state index contributed by atoms with van der Waals surface area (Å²) in [7, 11) is 0. The van der Waals surface area contributed by atoms with Crippen molar-refractivity contribution in [2.24, 2.45) is 0 Å². The van der Waals surface area contributed by atoms with E-state index < -0.39 is 17.6 Å². The predicted octanol–water partition coefficient (Wildman–Crippen LogP) is 0.977. The van der Waals surface area contributed by atoms with E-state index in [2.05, 4.69) is 5.32 Å². The molecule has 0 atom stereocenters. The van der Waals surface area contributed by atoms with Crippen molar-refractivity contribution in [1.82, 2.24) is 10.2 Å². The number of carbonyl (C=O) groups is 2. The fourth-order valence-corrected chi connectivity index (χ4v) is 2.94. The quantitative estimate of drug-likeness (QED) is 0.825. The van der Waals surface area contributed by atoms with Gasteiger partial charge in [-0.15, -0.1) is 0 Å². The maximum Gasteiger partial charge on any atom is 0.311 e. The standard InChI is InChI=1S/C17H22N2O4/c1-13-2-4-14(5-3-13)12-18-15(20)16(21)19-8-6-17(7-9-19)22-10-11-23-17/h2-5H,6-12H2,1H3,(H,18,20). The highest BCUT2D eigenvalue weighted by Gasteiger charge is 2.41. The molecule has 2 fully saturated rings. The molecule has 0 unspecified atom stereocenters. The van der Waals surface area contributed by atoms with Gasteiger partial charge in [-0.3, -0.25) is 9.59 Å². The van der Waals surface area contributed by atoms with Gasteiger partial charge in [-0.1, -0.05) is 29.8 Å². The van der Waals surface area contributed by atoms with E-state index in [4.69, 9.17) is 9.47 Å². The zero-order chi connectivity index (χ0) is 16.3. The maximum atomic E-state index is 12.2. The Kier molecular flexibility index (Phi) is 4.63. The molecule has 124 valence electrons. The number of amides is 2. The molecule has 0 aromatic heterocycles. The van der Waals surface area contributed by atoms with Crippen LogP contribution in [-0.4, -0.2) is 48.8 Å². The fourth-order valence-electron chi connectivity index (χ4n) is 2.94. The van der Waals surface area contributed by atoms with Crippen LogP contribution >= 0.6 is 0 Å². The average molecular weight is 318 g/mol. The summed E-state index contributed by atoms with van der Waals surface area (Å²) < 4.78 is 11.2. The fraction of sp³-hybridized carbons (Fsp3) is 0.529. The Labute approximate surface area is 135 Å². The van der Waals surface area contributed by atoms with Gasteiger partial charge in [0, 0.05) is 32.5 Å². The van der Waals surface area contributed by atoms with Gasteiger partial charge in [0.1, 0.15) is 0 Å². The molecular formula is C17H22N2O4. The van der Waals surface area contributed by atoms with Gasteiger partial charge in [0.2, 0.25) is 0 Å². The Hall–Kier alpha value is -1.92. The van der Waals surface area contributed by atoms with Crippen LogP contribution in [0.5, 0.6) is 0 Å². The molecule has 2 heterocycles. The lowest BCUT2D eigenvalue weighted by Gasteiger charge is -2.37. The van der Waals surface area contributed by atoms with Gasteiger partial charge in [-0.05, 0) is 12.5 Å². The van der Waals surface area contributed by atoms with Gasteiger partial charge in [0.25, 0.3) is 0 Å². The SMILES string of the molecule is Cc1ccc(CNC(=O)C(=O)N2CCC3(CC2)OCCO3)cc1. The van der Waals surface area contributed by atoms with Crippen LogP contribution in [-0.2, 0) is 25.6 Å². The normalized spacial score (nSPS) is 19.8. The number of rotatable bonds is 2. The van der Waals surface area contributed by atoms with Gasteiger partial charge in [0.15, 0.2) is 5.79 Å². The molecule has 0 saturated carbocycles. The third kappa shape index (κ3) is 3.71. The first kappa shape index (κ1) is 16.0. The highest BCUT2D eigenvalue weighted by atomic mass is 16.7. The van der Waals surface area contributed by atoms with Gasteiger partial charge in [-0.25, -0.2) is 0 Å². The first-order valence-electron chi connectivity index (χ1n) is 7.99. The number of piperidine rings is 1. The van der Waals surface area contributed by atoms with Crippen LogP contribution in [0.3, 0.4) is 0 Å². The van der Waals surface area contributed by atoms with Crippen LogP contribution in [0.15, 0.2) is 24.3 Å². The number of hydrogen-bond acceptors (Lipinski definition) is 4. The van der Waals surface area contributed by atoms with Crippen molar-refractivity contribution in [3.8, 4) is 0 Å². The number of likely N-dealkylation sites (tertiary alicyclic amines) is 1. The molecule has 6 heteroatoms. The molecule has 0 radical (unpaired) electrons. The molecule has 2 saturated heterocycles. The monoisotopic (exact) mass is 318 g/mol. The van der Waals surface area contributed by atoms with E-state index in [1.165, 1.54) is 0 Å². The summed E-state index contributed by atoms with van der Waals surface area (Å²) in [5.41, 5.74) is 2.14. The number of hydrogen-bond donors (Lipinski definition) is 1. The summed E-state index contributed by atoms with van der Waals surface area (Å²) >= 11 is 0. The molecule has 3 rings (SSSR count). The molecule has 2 amide bonds. The smallest absolute Gasteiger partial charge is 0.311 e. The van der Waals surface area contributed by atoms with Crippen LogP contribution in [0.25, 0.3) is 0 Å². The van der Waals surface area contributed by atoms with Crippen molar-refractivity contribution in [1.29, 1.82) is 0 Å². The summed E-state index contributed by atoms with van der Waals surface area (Å²) in [4.78, 5) is 25.8. The van der Waals surface area contributed by atoms with Crippen LogP contribution in [0.1, 0.15) is 24.0 Å². The van der Waals surface area contributed by atoms with E-state index in [9.17, 15) is 9.59 Å². The summed E-state index contributed by atoms with van der Waals surface area (Å²) in [6, 6.07) is 7.85. The van der Waals surface area contributed by atoms with Gasteiger partial charge in [0.05, 0.1) is 13.2 Å². The number of aryl methyl sites for hydroxylation is 1. The number of nitrogens with one attached hydrogen (secondary N) is 1. The van der Waals surface area contributed by atoms with Gasteiger partial charge in [-0.2, -0.15) is 0 Å². The first-order valence-corrected chi connectivity index (χ1v) is 7.99. The molecule has 6 nitrogen and oxygen atoms in total.